The van der Waals surface area contributed by atoms with Crippen LogP contribution in [-0.4, -0.2) is 14.6 Å². The van der Waals surface area contributed by atoms with Crippen molar-refractivity contribution in [3.05, 3.63) is 0 Å². The van der Waals surface area contributed by atoms with Crippen molar-refractivity contribution in [2.24, 2.45) is 0 Å². The van der Waals surface area contributed by atoms with Gasteiger partial charge in [0.15, 0.2) is 0 Å². The Hall–Kier alpha value is 1.09. The minimum atomic E-state index is -2.33. The molecule has 0 heterocycles. The van der Waals surface area contributed by atoms with Gasteiger partial charge in [0, 0.05) is 0 Å². The van der Waals surface area contributed by atoms with Crippen LogP contribution >= 0.6 is 0 Å². The van der Waals surface area contributed by atoms with Crippen LogP contribution in [0.15, 0.2) is 0 Å². The Balaban J connectivity index is -0.0000000233. The third-order valence-electron chi connectivity index (χ3n) is 0. The molecule has 0 aromatic carbocycles. The Morgan fingerprint density at radius 2 is 1.11 bits per heavy atom. The molecule has 0 fully saturated rings. The van der Waals surface area contributed by atoms with E-state index < -0.39 is 17.7 Å². The molecular weight excluding hydrogens is 170 g/mol. The smallest absolute Gasteiger partial charge is 0.652 e. The maximum absolute atomic E-state index is 8.33. The summed E-state index contributed by atoms with van der Waals surface area (Å²) in [5.74, 6) is 0. The monoisotopic (exact) mass is 170 g/mol. The molecule has 0 aliphatic heterocycles. The third-order valence-corrected chi connectivity index (χ3v) is 0. The van der Waals surface area contributed by atoms with E-state index in [0.717, 1.165) is 0 Å². The topological polar surface area (TPSA) is 97.3 Å². The van der Waals surface area contributed by atoms with E-state index in [-0.39, 0.29) is 59.1 Å². The molecule has 5 nitrogen and oxygen atoms in total. The normalized spacial score (nSPS) is 4.00. The van der Waals surface area contributed by atoms with Gasteiger partial charge in [-0.15, -0.1) is 0 Å². The summed E-state index contributed by atoms with van der Waals surface area (Å²) >= 11 is -0.750. The van der Waals surface area contributed by atoms with Crippen molar-refractivity contribution in [3.63, 3.8) is 0 Å². The number of hydrogen-bond donors (Lipinski definition) is 0. The van der Waals surface area contributed by atoms with Gasteiger partial charge < -0.3 is 15.0 Å². The van der Waals surface area contributed by atoms with E-state index in [0.29, 0.717) is 0 Å². The second-order valence-electron chi connectivity index (χ2n) is 0.318. The molecule has 0 aliphatic carbocycles. The van der Waals surface area contributed by atoms with Gasteiger partial charge in [-0.3, -0.25) is 0 Å². The molecular formula is CNa2O5S. The fourth-order valence-corrected chi connectivity index (χ4v) is 0. The van der Waals surface area contributed by atoms with Crippen LogP contribution < -0.4 is 69.3 Å². The first-order valence-corrected chi connectivity index (χ1v) is 1.61. The number of carbonyl (C=O) groups is 1. The van der Waals surface area contributed by atoms with Gasteiger partial charge >= 0.3 is 70.7 Å². The number of carboxylic acid groups (broad SMARTS) is 2. The van der Waals surface area contributed by atoms with E-state index in [9.17, 15) is 0 Å². The summed E-state index contributed by atoms with van der Waals surface area (Å²) in [6.07, 6.45) is -2.33. The van der Waals surface area contributed by atoms with Crippen LogP contribution in [0.5, 0.6) is 0 Å². The first kappa shape index (κ1) is 22.5. The molecule has 0 unspecified atom stereocenters. The second-order valence-corrected chi connectivity index (χ2v) is 0.454. The van der Waals surface area contributed by atoms with Crippen LogP contribution in [0.25, 0.3) is 0 Å². The van der Waals surface area contributed by atoms with Crippen LogP contribution in [0.1, 0.15) is 0 Å². The number of rotatable bonds is 0. The fourth-order valence-electron chi connectivity index (χ4n) is 0. The SMILES string of the molecule is O=C([O-])[O-].O=S=O.[Na+].[Na+]. The van der Waals surface area contributed by atoms with Crippen molar-refractivity contribution in [2.75, 3.05) is 0 Å². The zero-order chi connectivity index (χ0) is 6.28. The maximum Gasteiger partial charge on any atom is 1.00 e. The van der Waals surface area contributed by atoms with Crippen LogP contribution in [0.3, 0.4) is 0 Å². The van der Waals surface area contributed by atoms with Gasteiger partial charge in [-0.2, -0.15) is 8.42 Å². The Labute approximate surface area is 99.0 Å². The van der Waals surface area contributed by atoms with Gasteiger partial charge in [0.2, 0.25) is 0 Å². The predicted octanol–water partition coefficient (Wildman–Crippen LogP) is -9.11. The average Bonchev–Trinajstić information content (AvgIpc) is 1.33. The van der Waals surface area contributed by atoms with Gasteiger partial charge in [0.1, 0.15) is 0 Å². The first-order chi connectivity index (χ1) is 3.15. The van der Waals surface area contributed by atoms with E-state index in [2.05, 4.69) is 0 Å². The van der Waals surface area contributed by atoms with Gasteiger partial charge in [-0.25, -0.2) is 0 Å². The third kappa shape index (κ3) is 385. The summed E-state index contributed by atoms with van der Waals surface area (Å²) in [6, 6.07) is 0. The minimum Gasteiger partial charge on any atom is -0.652 e. The zero-order valence-corrected chi connectivity index (χ0v) is 9.77. The quantitative estimate of drug-likeness (QED) is 0.336. The predicted molar refractivity (Wildman–Crippen MR) is 14.3 cm³/mol. The van der Waals surface area contributed by atoms with Crippen LogP contribution in [0, 0.1) is 0 Å². The van der Waals surface area contributed by atoms with Crippen LogP contribution in [-0.2, 0) is 11.6 Å². The number of carbonyl (C=O) groups excluding carboxylic acids is 1. The molecule has 9 heavy (non-hydrogen) atoms. The van der Waals surface area contributed by atoms with E-state index >= 15 is 0 Å². The summed E-state index contributed by atoms with van der Waals surface area (Å²) in [5.41, 5.74) is 0. The molecule has 0 rings (SSSR count). The molecule has 0 saturated carbocycles. The molecule has 0 radical (unpaired) electrons. The molecule has 0 aliphatic rings. The molecule has 0 amide bonds. The van der Waals surface area contributed by atoms with Gasteiger partial charge in [0.25, 0.3) is 0 Å². The van der Waals surface area contributed by atoms with Crippen LogP contribution in [0.2, 0.25) is 0 Å². The van der Waals surface area contributed by atoms with Gasteiger partial charge in [0.05, 0.1) is 0 Å². The summed E-state index contributed by atoms with van der Waals surface area (Å²) < 4.78 is 16.6. The first-order valence-electron chi connectivity index (χ1n) is 0.946. The Morgan fingerprint density at radius 3 is 1.11 bits per heavy atom. The summed E-state index contributed by atoms with van der Waals surface area (Å²) in [4.78, 5) is 8.33. The van der Waals surface area contributed by atoms with Crippen molar-refractivity contribution in [3.8, 4) is 0 Å². The molecule has 0 spiro atoms. The van der Waals surface area contributed by atoms with Crippen molar-refractivity contribution in [1.82, 2.24) is 0 Å². The molecule has 8 heteroatoms. The second kappa shape index (κ2) is 23.0. The molecule has 0 aromatic heterocycles. The van der Waals surface area contributed by atoms with Crippen molar-refractivity contribution in [1.29, 1.82) is 0 Å². The summed E-state index contributed by atoms with van der Waals surface area (Å²) in [6.45, 7) is 0. The van der Waals surface area contributed by atoms with E-state index in [1.165, 1.54) is 0 Å². The minimum absolute atomic E-state index is 0. The largest absolute Gasteiger partial charge is 1.00 e. The molecule has 0 N–H and O–H groups in total. The zero-order valence-electron chi connectivity index (χ0n) is 4.95. The molecule has 0 saturated heterocycles. The summed E-state index contributed by atoms with van der Waals surface area (Å²) in [7, 11) is 0. The Morgan fingerprint density at radius 1 is 1.11 bits per heavy atom. The maximum atomic E-state index is 8.33. The van der Waals surface area contributed by atoms with Gasteiger partial charge in [-0.1, -0.05) is 0 Å². The Bertz CT molecular complexity index is 83.0. The fraction of sp³-hybridized carbons (Fsp3) is 0. The van der Waals surface area contributed by atoms with Gasteiger partial charge in [-0.05, 0) is 6.16 Å². The van der Waals surface area contributed by atoms with E-state index in [4.69, 9.17) is 23.4 Å². The molecule has 0 atom stereocenters. The van der Waals surface area contributed by atoms with E-state index in [1.54, 1.807) is 0 Å². The van der Waals surface area contributed by atoms with Crippen LogP contribution in [0.4, 0.5) is 4.79 Å². The Kier molecular flexibility index (Phi) is 57.4. The van der Waals surface area contributed by atoms with Crippen molar-refractivity contribution >= 4 is 17.7 Å². The average molecular weight is 170 g/mol. The van der Waals surface area contributed by atoms with Crippen molar-refractivity contribution in [2.45, 2.75) is 0 Å². The molecule has 0 aromatic rings. The molecule has 42 valence electrons. The standard InChI is InChI=1S/CH2O3.2Na.O2S/c2-1(3)4;;;1-3-2/h(H2,2,3,4);;;/q;2*+1;/p-2. The molecule has 0 bridgehead atoms. The van der Waals surface area contributed by atoms with E-state index in [1.807, 2.05) is 0 Å². The van der Waals surface area contributed by atoms with Crippen molar-refractivity contribution < 1.29 is 82.5 Å². The summed E-state index contributed by atoms with van der Waals surface area (Å²) in [5, 5.41) is 16.7. The number of hydrogen-bond acceptors (Lipinski definition) is 5.